The van der Waals surface area contributed by atoms with Gasteiger partial charge in [-0.15, -0.1) is 0 Å². The van der Waals surface area contributed by atoms with Gasteiger partial charge in [-0.1, -0.05) is 82.2 Å². The van der Waals surface area contributed by atoms with Crippen LogP contribution in [0.25, 0.3) is 11.1 Å². The molecule has 1 saturated heterocycles. The maximum Gasteiger partial charge on any atom is 0.255 e. The molecule has 2 amide bonds. The third-order valence-corrected chi connectivity index (χ3v) is 10.3. The second-order valence-electron chi connectivity index (χ2n) is 13.3. The van der Waals surface area contributed by atoms with Crippen LogP contribution in [0.3, 0.4) is 0 Å². The van der Waals surface area contributed by atoms with E-state index >= 15 is 0 Å². The smallest absolute Gasteiger partial charge is 0.255 e. The zero-order valence-electron chi connectivity index (χ0n) is 25.1. The number of benzene rings is 1. The highest BCUT2D eigenvalue weighted by Crippen LogP contribution is 2.52. The van der Waals surface area contributed by atoms with Crippen molar-refractivity contribution in [2.24, 2.45) is 17.3 Å². The molecule has 7 nitrogen and oxygen atoms in total. The molecule has 222 valence electrons. The summed E-state index contributed by atoms with van der Waals surface area (Å²) in [6.07, 6.45) is 13.0. The normalized spacial score (nSPS) is 23.5. The van der Waals surface area contributed by atoms with Crippen molar-refractivity contribution in [1.29, 1.82) is 0 Å². The predicted molar refractivity (Wildman–Crippen MR) is 162 cm³/mol. The van der Waals surface area contributed by atoms with Gasteiger partial charge in [0.05, 0.1) is 17.7 Å². The van der Waals surface area contributed by atoms with E-state index in [0.29, 0.717) is 36.6 Å². The standard InChI is InChI=1S/C34H47N3O4/c1-25(20-26-12-6-4-7-13-26)31(39)36-19-18-34(41,33(23-36)16-10-11-17-33)24-37-22-29(32(40)35(2)3)28(21-30(37)38)27-14-8-5-9-15-27/h5,8-9,14-15,21-22,25-26,41H,4,6-7,10-13,16-20,23-24H2,1-3H3/t25-,34?/m1/s1. The van der Waals surface area contributed by atoms with Crippen LogP contribution in [0.2, 0.25) is 0 Å². The fourth-order valence-corrected chi connectivity index (χ4v) is 7.87. The lowest BCUT2D eigenvalue weighted by Gasteiger charge is -2.53. The minimum absolute atomic E-state index is 0.00417. The molecule has 1 N–H and O–H groups in total. The highest BCUT2D eigenvalue weighted by Gasteiger charge is 2.55. The van der Waals surface area contributed by atoms with E-state index in [1.54, 1.807) is 20.3 Å². The predicted octanol–water partition coefficient (Wildman–Crippen LogP) is 5.35. The molecule has 1 unspecified atom stereocenters. The summed E-state index contributed by atoms with van der Waals surface area (Å²) in [6.45, 7) is 3.23. The Morgan fingerprint density at radius 3 is 2.37 bits per heavy atom. The summed E-state index contributed by atoms with van der Waals surface area (Å²) >= 11 is 0. The molecule has 2 atom stereocenters. The number of carbonyl (C=O) groups excluding carboxylic acids is 2. The molecule has 2 heterocycles. The number of hydrogen-bond acceptors (Lipinski definition) is 4. The molecule has 3 aliphatic rings. The van der Waals surface area contributed by atoms with Crippen LogP contribution in [0.15, 0.2) is 47.4 Å². The lowest BCUT2D eigenvalue weighted by atomic mass is 9.65. The number of amides is 2. The molecular formula is C34H47N3O4. The first-order chi connectivity index (χ1) is 19.6. The molecule has 2 aromatic rings. The third-order valence-electron chi connectivity index (χ3n) is 10.3. The van der Waals surface area contributed by atoms with Crippen molar-refractivity contribution in [1.82, 2.24) is 14.4 Å². The average Bonchev–Trinajstić information content (AvgIpc) is 3.45. The van der Waals surface area contributed by atoms with Crippen molar-refractivity contribution in [2.75, 3.05) is 27.2 Å². The van der Waals surface area contributed by atoms with Gasteiger partial charge >= 0.3 is 0 Å². The van der Waals surface area contributed by atoms with Gasteiger partial charge < -0.3 is 19.5 Å². The van der Waals surface area contributed by atoms with Gasteiger partial charge in [-0.2, -0.15) is 0 Å². The zero-order valence-corrected chi connectivity index (χ0v) is 25.1. The molecule has 5 rings (SSSR count). The Balaban J connectivity index is 1.40. The number of aliphatic hydroxyl groups is 1. The highest BCUT2D eigenvalue weighted by molar-refractivity contribution is 6.00. The van der Waals surface area contributed by atoms with Gasteiger partial charge in [0.1, 0.15) is 0 Å². The van der Waals surface area contributed by atoms with Crippen molar-refractivity contribution >= 4 is 11.8 Å². The minimum Gasteiger partial charge on any atom is -0.387 e. The first kappa shape index (κ1) is 29.6. The fourth-order valence-electron chi connectivity index (χ4n) is 7.87. The lowest BCUT2D eigenvalue weighted by molar-refractivity contribution is -0.163. The van der Waals surface area contributed by atoms with Crippen molar-refractivity contribution in [3.05, 3.63) is 58.5 Å². The summed E-state index contributed by atoms with van der Waals surface area (Å²) in [6, 6.07) is 11.0. The van der Waals surface area contributed by atoms with Crippen LogP contribution in [0.4, 0.5) is 0 Å². The van der Waals surface area contributed by atoms with Gasteiger partial charge in [-0.05, 0) is 37.2 Å². The molecule has 2 aliphatic carbocycles. The number of rotatable bonds is 7. The fraction of sp³-hybridized carbons (Fsp3) is 0.618. The van der Waals surface area contributed by atoms with Crippen molar-refractivity contribution in [3.8, 4) is 11.1 Å². The lowest BCUT2D eigenvalue weighted by Crippen LogP contribution is -2.62. The van der Waals surface area contributed by atoms with Crippen LogP contribution < -0.4 is 5.56 Å². The van der Waals surface area contributed by atoms with E-state index in [-0.39, 0.29) is 29.8 Å². The van der Waals surface area contributed by atoms with E-state index < -0.39 is 11.0 Å². The number of pyridine rings is 1. The third kappa shape index (κ3) is 6.01. The van der Waals surface area contributed by atoms with Crippen LogP contribution in [0, 0.1) is 17.3 Å². The van der Waals surface area contributed by atoms with Crippen molar-refractivity contribution < 1.29 is 14.7 Å². The van der Waals surface area contributed by atoms with Gasteiger partial charge in [0.15, 0.2) is 0 Å². The largest absolute Gasteiger partial charge is 0.387 e. The Bertz CT molecular complexity index is 1290. The summed E-state index contributed by atoms with van der Waals surface area (Å²) in [5, 5.41) is 12.3. The number of likely N-dealkylation sites (tertiary alicyclic amines) is 1. The van der Waals surface area contributed by atoms with E-state index in [1.807, 2.05) is 35.2 Å². The van der Waals surface area contributed by atoms with E-state index in [2.05, 4.69) is 6.92 Å². The van der Waals surface area contributed by atoms with Crippen molar-refractivity contribution in [3.63, 3.8) is 0 Å². The summed E-state index contributed by atoms with van der Waals surface area (Å²) in [5.41, 5.74) is 0.0231. The van der Waals surface area contributed by atoms with E-state index in [0.717, 1.165) is 37.7 Å². The second kappa shape index (κ2) is 12.1. The summed E-state index contributed by atoms with van der Waals surface area (Å²) in [7, 11) is 3.41. The van der Waals surface area contributed by atoms with Crippen LogP contribution in [-0.4, -0.2) is 64.1 Å². The minimum atomic E-state index is -1.14. The molecule has 1 spiro atoms. The Kier molecular flexibility index (Phi) is 8.74. The molecule has 1 aromatic carbocycles. The molecule has 0 bridgehead atoms. The summed E-state index contributed by atoms with van der Waals surface area (Å²) < 4.78 is 1.53. The average molecular weight is 562 g/mol. The highest BCUT2D eigenvalue weighted by atomic mass is 16.3. The van der Waals surface area contributed by atoms with Gasteiger partial charge in [0.25, 0.3) is 11.5 Å². The Hall–Kier alpha value is -2.93. The number of piperidine rings is 1. The van der Waals surface area contributed by atoms with Crippen LogP contribution in [0.5, 0.6) is 0 Å². The van der Waals surface area contributed by atoms with Gasteiger partial charge in [0.2, 0.25) is 5.91 Å². The van der Waals surface area contributed by atoms with E-state index in [4.69, 9.17) is 0 Å². The van der Waals surface area contributed by atoms with Gasteiger partial charge in [-0.3, -0.25) is 14.4 Å². The molecule has 3 fully saturated rings. The van der Waals surface area contributed by atoms with Crippen LogP contribution in [0.1, 0.15) is 87.9 Å². The zero-order chi connectivity index (χ0) is 29.2. The Labute approximate surface area is 244 Å². The van der Waals surface area contributed by atoms with E-state index in [9.17, 15) is 19.5 Å². The molecule has 41 heavy (non-hydrogen) atoms. The number of aromatic nitrogens is 1. The molecule has 1 aliphatic heterocycles. The summed E-state index contributed by atoms with van der Waals surface area (Å²) in [5.74, 6) is 0.671. The van der Waals surface area contributed by atoms with Crippen molar-refractivity contribution in [2.45, 2.75) is 89.7 Å². The first-order valence-corrected chi connectivity index (χ1v) is 15.7. The van der Waals surface area contributed by atoms with E-state index in [1.165, 1.54) is 47.6 Å². The quantitative estimate of drug-likeness (QED) is 0.494. The number of carbonyl (C=O) groups is 2. The monoisotopic (exact) mass is 561 g/mol. The number of hydrogen-bond donors (Lipinski definition) is 1. The maximum atomic E-state index is 13.6. The molecule has 7 heteroatoms. The second-order valence-corrected chi connectivity index (χ2v) is 13.3. The molecule has 1 aromatic heterocycles. The number of nitrogens with zero attached hydrogens (tertiary/aromatic N) is 3. The van der Waals surface area contributed by atoms with Gasteiger partial charge in [0, 0.05) is 56.3 Å². The molecular weight excluding hydrogens is 514 g/mol. The SMILES string of the molecule is C[C@H](CC1CCCCC1)C(=O)N1CCC(O)(Cn2cc(C(=O)N(C)C)c(-c3ccccc3)cc2=O)C2(CCCC2)C1. The summed E-state index contributed by atoms with van der Waals surface area (Å²) in [4.78, 5) is 43.9. The maximum absolute atomic E-state index is 13.6. The van der Waals surface area contributed by atoms with Crippen LogP contribution in [-0.2, 0) is 11.3 Å². The Morgan fingerprint density at radius 1 is 1.02 bits per heavy atom. The molecule has 2 saturated carbocycles. The van der Waals surface area contributed by atoms with Gasteiger partial charge in [-0.25, -0.2) is 0 Å². The Morgan fingerprint density at radius 2 is 1.71 bits per heavy atom. The topological polar surface area (TPSA) is 82.8 Å². The first-order valence-electron chi connectivity index (χ1n) is 15.7. The molecule has 0 radical (unpaired) electrons. The van der Waals surface area contributed by atoms with Crippen LogP contribution >= 0.6 is 0 Å².